The summed E-state index contributed by atoms with van der Waals surface area (Å²) in [4.78, 5) is 12.7. The number of anilines is 1. The number of amides is 1. The molecule has 8 heteroatoms. The molecule has 1 heterocycles. The van der Waals surface area contributed by atoms with E-state index in [0.717, 1.165) is 24.1 Å². The maximum absolute atomic E-state index is 12.7. The van der Waals surface area contributed by atoms with E-state index in [1.54, 1.807) is 29.5 Å². The average Bonchev–Trinajstić information content (AvgIpc) is 3.36. The minimum absolute atomic E-state index is 0. The largest absolute Gasteiger partial charge is 1.00 e. The fourth-order valence-corrected chi connectivity index (χ4v) is 5.48. The lowest BCUT2D eigenvalue weighted by atomic mass is 10.1. The van der Waals surface area contributed by atoms with Gasteiger partial charge in [0, 0.05) is 18.6 Å². The van der Waals surface area contributed by atoms with Gasteiger partial charge in [0.25, 0.3) is 5.91 Å². The van der Waals surface area contributed by atoms with Crippen LogP contribution in [0, 0.1) is 6.92 Å². The third-order valence-corrected chi connectivity index (χ3v) is 8.19. The van der Waals surface area contributed by atoms with Crippen LogP contribution < -0.4 is 36.3 Å². The van der Waals surface area contributed by atoms with Crippen molar-refractivity contribution in [2.75, 3.05) is 18.5 Å². The Morgan fingerprint density at radius 3 is 2.22 bits per heavy atom. The Kier molecular flexibility index (Phi) is 17.8. The summed E-state index contributed by atoms with van der Waals surface area (Å²) in [6.07, 6.45) is 17.8. The van der Waals surface area contributed by atoms with Crippen LogP contribution >= 0.6 is 22.9 Å². The molecule has 5 nitrogen and oxygen atoms in total. The molecule has 0 saturated carbocycles. The lowest BCUT2D eigenvalue weighted by Crippen LogP contribution is -3.00. The summed E-state index contributed by atoms with van der Waals surface area (Å²) in [5.74, 6) is 0.937. The van der Waals surface area contributed by atoms with Crippen LogP contribution in [0.2, 0.25) is 5.02 Å². The van der Waals surface area contributed by atoms with Crippen molar-refractivity contribution in [1.29, 1.82) is 0 Å². The number of hydrogen-bond acceptors (Lipinski definition) is 4. The second-order valence-corrected chi connectivity index (χ2v) is 11.9. The quantitative estimate of drug-likeness (QED) is 0.116. The van der Waals surface area contributed by atoms with Crippen LogP contribution in [0.25, 0.3) is 0 Å². The highest BCUT2D eigenvalue weighted by Crippen LogP contribution is 2.29. The van der Waals surface area contributed by atoms with Crippen molar-refractivity contribution in [3.63, 3.8) is 0 Å². The number of carbonyl (C=O) groups excluding carboxylic acids is 1. The number of para-hydroxylation sites is 1. The Morgan fingerprint density at radius 2 is 1.56 bits per heavy atom. The first kappa shape index (κ1) is 35.1. The van der Waals surface area contributed by atoms with Gasteiger partial charge in [0.2, 0.25) is 5.01 Å². The fourth-order valence-electron chi connectivity index (χ4n) is 4.65. The smallest absolute Gasteiger partial charge is 0.262 e. The number of nitrogens with one attached hydrogen (secondary N) is 1. The molecule has 0 aliphatic carbocycles. The number of aryl methyl sites for hydroxylation is 1. The summed E-state index contributed by atoms with van der Waals surface area (Å²) >= 11 is 8.04. The van der Waals surface area contributed by atoms with Gasteiger partial charge in [0.15, 0.2) is 19.3 Å². The van der Waals surface area contributed by atoms with E-state index in [4.69, 9.17) is 21.1 Å². The number of nitrogens with zero attached hydrogens (tertiary/aromatic N) is 1. The van der Waals surface area contributed by atoms with E-state index in [2.05, 4.69) is 35.3 Å². The Balaban J connectivity index is 0.00000588. The fraction of sp³-hybridized carbons (Fsp3) is 0.515. The van der Waals surface area contributed by atoms with Crippen LogP contribution in [-0.2, 0) is 11.3 Å². The summed E-state index contributed by atoms with van der Waals surface area (Å²) < 4.78 is 13.9. The van der Waals surface area contributed by atoms with Gasteiger partial charge >= 0.3 is 0 Å². The first-order valence-electron chi connectivity index (χ1n) is 14.9. The predicted molar refractivity (Wildman–Crippen MR) is 167 cm³/mol. The van der Waals surface area contributed by atoms with Crippen LogP contribution in [0.3, 0.4) is 0 Å². The third kappa shape index (κ3) is 13.6. The molecule has 41 heavy (non-hydrogen) atoms. The molecular weight excluding hydrogens is 620 g/mol. The van der Waals surface area contributed by atoms with Crippen LogP contribution in [0.4, 0.5) is 5.69 Å². The minimum Gasteiger partial charge on any atom is -1.00 e. The van der Waals surface area contributed by atoms with Gasteiger partial charge < -0.3 is 31.8 Å². The molecule has 0 unspecified atom stereocenters. The minimum atomic E-state index is -0.214. The second kappa shape index (κ2) is 20.7. The molecule has 3 aromatic rings. The van der Waals surface area contributed by atoms with E-state index < -0.39 is 0 Å². The summed E-state index contributed by atoms with van der Waals surface area (Å²) in [7, 11) is 0. The molecule has 2 aromatic carbocycles. The topological polar surface area (TPSA) is 51.4 Å². The van der Waals surface area contributed by atoms with Crippen LogP contribution in [0.1, 0.15) is 94.5 Å². The average molecular weight is 666 g/mol. The van der Waals surface area contributed by atoms with Crippen molar-refractivity contribution in [3.8, 4) is 11.5 Å². The highest BCUT2D eigenvalue weighted by Gasteiger charge is 2.14. The molecule has 0 saturated heterocycles. The number of unbranched alkanes of at least 4 members (excludes halogenated alkanes) is 11. The van der Waals surface area contributed by atoms with Gasteiger partial charge in [-0.25, -0.2) is 0 Å². The summed E-state index contributed by atoms with van der Waals surface area (Å²) in [5, 5.41) is 6.81. The van der Waals surface area contributed by atoms with Gasteiger partial charge in [-0.05, 0) is 24.6 Å². The predicted octanol–water partition coefficient (Wildman–Crippen LogP) is 6.15. The molecule has 1 amide bonds. The Bertz CT molecular complexity index is 1160. The number of thiazole rings is 1. The van der Waals surface area contributed by atoms with Gasteiger partial charge in [-0.1, -0.05) is 119 Å². The van der Waals surface area contributed by atoms with Crippen LogP contribution in [-0.4, -0.2) is 19.1 Å². The molecule has 0 bridgehead atoms. The molecule has 0 radical (unpaired) electrons. The number of ether oxygens (including phenoxy) is 2. The highest BCUT2D eigenvalue weighted by molar-refractivity contribution is 7.09. The Hall–Kier alpha value is -2.09. The lowest BCUT2D eigenvalue weighted by molar-refractivity contribution is -0.689. The number of benzene rings is 2. The van der Waals surface area contributed by atoms with Crippen molar-refractivity contribution in [2.24, 2.45) is 0 Å². The van der Waals surface area contributed by atoms with E-state index in [1.807, 2.05) is 24.3 Å². The number of hydrogen-bond donors (Lipinski definition) is 1. The summed E-state index contributed by atoms with van der Waals surface area (Å²) in [6, 6.07) is 13.1. The van der Waals surface area contributed by atoms with E-state index in [1.165, 1.54) is 69.2 Å². The van der Waals surface area contributed by atoms with Crippen molar-refractivity contribution < 1.29 is 35.8 Å². The molecule has 226 valence electrons. The SMILES string of the molecule is CCCCCCCCCCCCCCOc1cc(OCC(=O)Nc2ccccc2C[n+]2ccsc2C)ccc1Cl.[Br-]. The summed E-state index contributed by atoms with van der Waals surface area (Å²) in [5.41, 5.74) is 1.83. The zero-order valence-corrected chi connectivity index (χ0v) is 27.8. The zero-order valence-electron chi connectivity index (χ0n) is 24.6. The molecule has 0 aliphatic heterocycles. The van der Waals surface area contributed by atoms with Gasteiger partial charge in [0.1, 0.15) is 11.5 Å². The maximum atomic E-state index is 12.7. The van der Waals surface area contributed by atoms with Gasteiger partial charge in [-0.2, -0.15) is 4.57 Å². The van der Waals surface area contributed by atoms with Crippen molar-refractivity contribution >= 4 is 34.5 Å². The Labute approximate surface area is 266 Å². The standard InChI is InChI=1S/C33H45ClN2O3S.BrH/c1-3-4-5-6-7-8-9-10-11-12-13-16-22-38-32-24-29(19-20-30(32)34)39-26-33(37)35-31-18-15-14-17-28(31)25-36-21-23-40-27(36)2;/h14-15,17-21,23-24H,3-13,16,22,25-26H2,1-2H3;1H. The molecule has 0 fully saturated rings. The molecule has 0 spiro atoms. The van der Waals surface area contributed by atoms with Crippen LogP contribution in [0.5, 0.6) is 11.5 Å². The number of rotatable bonds is 20. The number of halogens is 2. The maximum Gasteiger partial charge on any atom is 0.262 e. The lowest BCUT2D eigenvalue weighted by Gasteiger charge is -2.12. The first-order valence-corrected chi connectivity index (χ1v) is 16.2. The van der Waals surface area contributed by atoms with E-state index in [-0.39, 0.29) is 29.5 Å². The van der Waals surface area contributed by atoms with E-state index >= 15 is 0 Å². The second-order valence-electron chi connectivity index (χ2n) is 10.4. The molecule has 1 N–H and O–H groups in total. The normalized spacial score (nSPS) is 10.7. The number of aromatic nitrogens is 1. The summed E-state index contributed by atoms with van der Waals surface area (Å²) in [6.45, 7) is 5.58. The third-order valence-electron chi connectivity index (χ3n) is 7.04. The molecule has 1 aromatic heterocycles. The van der Waals surface area contributed by atoms with E-state index in [9.17, 15) is 4.79 Å². The monoisotopic (exact) mass is 664 g/mol. The molecule has 0 aliphatic rings. The van der Waals surface area contributed by atoms with Crippen molar-refractivity contribution in [3.05, 3.63) is 69.6 Å². The number of carbonyl (C=O) groups is 1. The Morgan fingerprint density at radius 1 is 0.902 bits per heavy atom. The molecule has 0 atom stereocenters. The first-order chi connectivity index (χ1) is 19.6. The molecular formula is C33H46BrClN2O3S. The van der Waals surface area contributed by atoms with Crippen molar-refractivity contribution in [2.45, 2.75) is 97.4 Å². The van der Waals surface area contributed by atoms with Gasteiger partial charge in [-0.15, -0.1) is 0 Å². The molecule has 3 rings (SSSR count). The zero-order chi connectivity index (χ0) is 28.4. The van der Waals surface area contributed by atoms with Crippen LogP contribution in [0.15, 0.2) is 54.0 Å². The van der Waals surface area contributed by atoms with E-state index in [0.29, 0.717) is 29.7 Å². The van der Waals surface area contributed by atoms with Crippen molar-refractivity contribution in [1.82, 2.24) is 0 Å². The van der Waals surface area contributed by atoms with Gasteiger partial charge in [0.05, 0.1) is 22.7 Å². The highest BCUT2D eigenvalue weighted by atomic mass is 79.9. The van der Waals surface area contributed by atoms with Gasteiger partial charge in [-0.3, -0.25) is 4.79 Å².